The maximum Gasteiger partial charge on any atom is 0.235 e. The number of nitrogens with zero attached hydrogens (tertiary/aromatic N) is 4. The zero-order valence-corrected chi connectivity index (χ0v) is 31.6. The zero-order valence-electron chi connectivity index (χ0n) is 31.6. The summed E-state index contributed by atoms with van der Waals surface area (Å²) in [6.07, 6.45) is 0. The first kappa shape index (κ1) is 32.0. The lowest BCUT2D eigenvalue weighted by atomic mass is 9.70. The number of hydrogen-bond donors (Lipinski definition) is 0. The average molecular weight is 729 g/mol. The van der Waals surface area contributed by atoms with E-state index >= 15 is 0 Å². The topological polar surface area (TPSA) is 35.6 Å². The minimum Gasteiger partial charge on any atom is -0.309 e. The molecule has 0 N–H and O–H groups in total. The van der Waals surface area contributed by atoms with Crippen molar-refractivity contribution in [2.45, 2.75) is 19.3 Å². The lowest BCUT2D eigenvalue weighted by molar-refractivity contribution is 0.643. The van der Waals surface area contributed by atoms with Crippen LogP contribution < -0.4 is 0 Å². The molecule has 3 heterocycles. The summed E-state index contributed by atoms with van der Waals surface area (Å²) in [5.41, 5.74) is 16.1. The molecule has 4 heteroatoms. The van der Waals surface area contributed by atoms with Crippen molar-refractivity contribution in [3.8, 4) is 45.1 Å². The van der Waals surface area contributed by atoms with Gasteiger partial charge in [-0.3, -0.25) is 4.57 Å². The summed E-state index contributed by atoms with van der Waals surface area (Å²) < 4.78 is 4.64. The molecule has 0 saturated heterocycles. The summed E-state index contributed by atoms with van der Waals surface area (Å²) >= 11 is 0. The molecule has 57 heavy (non-hydrogen) atoms. The van der Waals surface area contributed by atoms with Crippen LogP contribution in [0.1, 0.15) is 25.0 Å². The third-order valence-electron chi connectivity index (χ3n) is 12.4. The van der Waals surface area contributed by atoms with Crippen LogP contribution in [0.4, 0.5) is 0 Å². The largest absolute Gasteiger partial charge is 0.309 e. The van der Waals surface area contributed by atoms with Crippen molar-refractivity contribution in [3.63, 3.8) is 0 Å². The van der Waals surface area contributed by atoms with Gasteiger partial charge in [0.1, 0.15) is 0 Å². The number of fused-ring (bicyclic) bond motifs is 8. The van der Waals surface area contributed by atoms with Crippen molar-refractivity contribution < 1.29 is 0 Å². The van der Waals surface area contributed by atoms with Crippen LogP contribution in [0, 0.1) is 0 Å². The van der Waals surface area contributed by atoms with Crippen molar-refractivity contribution in [2.75, 3.05) is 0 Å². The van der Waals surface area contributed by atoms with Crippen LogP contribution in [0.15, 0.2) is 182 Å². The van der Waals surface area contributed by atoms with Gasteiger partial charge < -0.3 is 4.57 Å². The summed E-state index contributed by atoms with van der Waals surface area (Å²) in [5, 5.41) is 5.98. The van der Waals surface area contributed by atoms with E-state index < -0.39 is 0 Å². The van der Waals surface area contributed by atoms with Gasteiger partial charge in [-0.05, 0) is 88.0 Å². The minimum atomic E-state index is -0.150. The highest BCUT2D eigenvalue weighted by Gasteiger charge is 2.34. The second kappa shape index (κ2) is 11.8. The second-order valence-electron chi connectivity index (χ2n) is 15.8. The van der Waals surface area contributed by atoms with E-state index in [1.807, 2.05) is 0 Å². The standard InChI is InChI=1S/C53H36N4/c1-53(2)43-18-9-6-17-40(43)51-50-44(53)19-12-20-45(50)54-52(55-51)57-47-22-11-8-16-39(47)42-32-36(26-30-49(42)57)35-25-29-48-41(31-35)38-15-7-10-21-46(38)56(48)37-27-23-34(24-28-37)33-13-4-3-5-14-33/h3-32H,1-2H3. The zero-order chi connectivity index (χ0) is 37.8. The van der Waals surface area contributed by atoms with Crippen LogP contribution in [0.2, 0.25) is 0 Å². The van der Waals surface area contributed by atoms with Crippen LogP contribution in [0.25, 0.3) is 99.7 Å². The molecule has 1 aliphatic carbocycles. The Labute approximate surface area is 329 Å². The van der Waals surface area contributed by atoms with E-state index in [0.717, 1.165) is 33.3 Å². The molecule has 0 amide bonds. The van der Waals surface area contributed by atoms with Gasteiger partial charge in [-0.15, -0.1) is 0 Å². The maximum absolute atomic E-state index is 5.42. The molecule has 0 radical (unpaired) electrons. The summed E-state index contributed by atoms with van der Waals surface area (Å²) in [6.45, 7) is 4.62. The molecule has 0 unspecified atom stereocenters. The molecule has 0 atom stereocenters. The van der Waals surface area contributed by atoms with Crippen molar-refractivity contribution in [3.05, 3.63) is 193 Å². The molecule has 1 aliphatic rings. The summed E-state index contributed by atoms with van der Waals surface area (Å²) in [4.78, 5) is 10.7. The van der Waals surface area contributed by atoms with Gasteiger partial charge in [0.05, 0.1) is 33.3 Å². The molecule has 0 fully saturated rings. The van der Waals surface area contributed by atoms with Gasteiger partial charge >= 0.3 is 0 Å². The second-order valence-corrected chi connectivity index (χ2v) is 15.8. The van der Waals surface area contributed by atoms with Gasteiger partial charge in [0.15, 0.2) is 0 Å². The van der Waals surface area contributed by atoms with E-state index in [1.54, 1.807) is 0 Å². The van der Waals surface area contributed by atoms with Gasteiger partial charge in [-0.1, -0.05) is 141 Å². The molecule has 0 bridgehead atoms. The molecule has 12 rings (SSSR count). The molecule has 0 spiro atoms. The Bertz CT molecular complexity index is 3420. The van der Waals surface area contributed by atoms with Crippen molar-refractivity contribution in [1.82, 2.24) is 19.1 Å². The highest BCUT2D eigenvalue weighted by atomic mass is 15.2. The Morgan fingerprint density at radius 2 is 0.947 bits per heavy atom. The molecule has 268 valence electrons. The Balaban J connectivity index is 1.01. The molecule has 0 saturated carbocycles. The van der Waals surface area contributed by atoms with Gasteiger partial charge in [0.2, 0.25) is 5.95 Å². The molecule has 3 aromatic heterocycles. The molecule has 11 aromatic rings. The fourth-order valence-electron chi connectivity index (χ4n) is 9.60. The van der Waals surface area contributed by atoms with Crippen LogP contribution >= 0.6 is 0 Å². The SMILES string of the molecule is CC1(C)c2ccccc2-c2nc(-n3c4ccccc4c4cc(-c5ccc6c(c5)c5ccccc5n6-c5ccc(-c6ccccc6)cc5)ccc43)nc3cccc1c23. The fourth-order valence-corrected chi connectivity index (χ4v) is 9.60. The first-order valence-corrected chi connectivity index (χ1v) is 19.7. The predicted molar refractivity (Wildman–Crippen MR) is 237 cm³/mol. The van der Waals surface area contributed by atoms with Gasteiger partial charge in [-0.2, -0.15) is 0 Å². The van der Waals surface area contributed by atoms with Gasteiger partial charge in [-0.25, -0.2) is 9.97 Å². The van der Waals surface area contributed by atoms with E-state index in [1.165, 1.54) is 71.5 Å². The average Bonchev–Trinajstić information content (AvgIpc) is 3.78. The Morgan fingerprint density at radius 1 is 0.404 bits per heavy atom. The maximum atomic E-state index is 5.42. The number of rotatable bonds is 4. The summed E-state index contributed by atoms with van der Waals surface area (Å²) in [5.74, 6) is 0.689. The Kier molecular flexibility index (Phi) is 6.65. The van der Waals surface area contributed by atoms with E-state index in [9.17, 15) is 0 Å². The van der Waals surface area contributed by atoms with Crippen LogP contribution in [0.5, 0.6) is 0 Å². The van der Waals surface area contributed by atoms with E-state index in [0.29, 0.717) is 5.95 Å². The third-order valence-corrected chi connectivity index (χ3v) is 12.4. The smallest absolute Gasteiger partial charge is 0.235 e. The lowest BCUT2D eigenvalue weighted by Crippen LogP contribution is -2.24. The first-order chi connectivity index (χ1) is 28.0. The number of hydrogen-bond acceptors (Lipinski definition) is 2. The monoisotopic (exact) mass is 728 g/mol. The molecular weight excluding hydrogens is 693 g/mol. The van der Waals surface area contributed by atoms with E-state index in [-0.39, 0.29) is 5.41 Å². The number of benzene rings is 8. The third kappa shape index (κ3) is 4.62. The Morgan fingerprint density at radius 3 is 1.67 bits per heavy atom. The molecule has 4 nitrogen and oxygen atoms in total. The highest BCUT2D eigenvalue weighted by molar-refractivity contribution is 6.13. The number of aromatic nitrogens is 4. The van der Waals surface area contributed by atoms with Crippen LogP contribution in [0.3, 0.4) is 0 Å². The van der Waals surface area contributed by atoms with Crippen LogP contribution in [-0.4, -0.2) is 19.1 Å². The summed E-state index contributed by atoms with van der Waals surface area (Å²) in [7, 11) is 0. The van der Waals surface area contributed by atoms with E-state index in [4.69, 9.17) is 9.97 Å². The quantitative estimate of drug-likeness (QED) is 0.181. The van der Waals surface area contributed by atoms with Gasteiger partial charge in [0, 0.05) is 43.6 Å². The minimum absolute atomic E-state index is 0.150. The normalized spacial score (nSPS) is 13.2. The van der Waals surface area contributed by atoms with Crippen molar-refractivity contribution in [1.29, 1.82) is 0 Å². The van der Waals surface area contributed by atoms with Crippen LogP contribution in [-0.2, 0) is 5.41 Å². The summed E-state index contributed by atoms with van der Waals surface area (Å²) in [6, 6.07) is 65.9. The lowest BCUT2D eigenvalue weighted by Gasteiger charge is -2.34. The molecule has 8 aromatic carbocycles. The molecule has 0 aliphatic heterocycles. The first-order valence-electron chi connectivity index (χ1n) is 19.7. The number of para-hydroxylation sites is 2. The van der Waals surface area contributed by atoms with E-state index in [2.05, 4.69) is 205 Å². The molecular formula is C53H36N4. The Hall–Kier alpha value is -7.30. The predicted octanol–water partition coefficient (Wildman–Crippen LogP) is 13.5. The highest BCUT2D eigenvalue weighted by Crippen LogP contribution is 2.48. The van der Waals surface area contributed by atoms with Crippen molar-refractivity contribution >= 4 is 54.5 Å². The van der Waals surface area contributed by atoms with Crippen molar-refractivity contribution in [2.24, 2.45) is 0 Å². The fraction of sp³-hybridized carbons (Fsp3) is 0.0566. The van der Waals surface area contributed by atoms with Gasteiger partial charge in [0.25, 0.3) is 0 Å².